The van der Waals surface area contributed by atoms with Gasteiger partial charge >= 0.3 is 5.97 Å². The first-order valence-corrected chi connectivity index (χ1v) is 6.94. The molecule has 0 radical (unpaired) electrons. The van der Waals surface area contributed by atoms with E-state index in [1.54, 1.807) is 0 Å². The summed E-state index contributed by atoms with van der Waals surface area (Å²) in [5, 5.41) is 10.0. The second kappa shape index (κ2) is 5.45. The van der Waals surface area contributed by atoms with Gasteiger partial charge in [-0.1, -0.05) is 18.2 Å². The lowest BCUT2D eigenvalue weighted by molar-refractivity contribution is -0.137. The summed E-state index contributed by atoms with van der Waals surface area (Å²) < 4.78 is 0. The summed E-state index contributed by atoms with van der Waals surface area (Å²) in [6.45, 7) is 0.830. The number of anilines is 1. The lowest BCUT2D eigenvalue weighted by atomic mass is 10.00. The van der Waals surface area contributed by atoms with Gasteiger partial charge in [-0.15, -0.1) is 0 Å². The Kier molecular flexibility index (Phi) is 3.50. The van der Waals surface area contributed by atoms with Crippen LogP contribution in [0, 0.1) is 0 Å². The maximum Gasteiger partial charge on any atom is 0.305 e. The Balaban J connectivity index is 1.92. The van der Waals surface area contributed by atoms with Crippen LogP contribution >= 0.6 is 0 Å². The third-order valence-electron chi connectivity index (χ3n) is 3.77. The molecule has 3 rings (SSSR count). The van der Waals surface area contributed by atoms with Gasteiger partial charge < -0.3 is 10.0 Å². The second-order valence-corrected chi connectivity index (χ2v) is 5.17. The molecule has 20 heavy (non-hydrogen) atoms. The molecule has 1 aliphatic heterocycles. The summed E-state index contributed by atoms with van der Waals surface area (Å²) >= 11 is 0. The molecule has 5 heteroatoms. The number of benzene rings is 1. The number of aliphatic carboxylic acids is 1. The van der Waals surface area contributed by atoms with Crippen molar-refractivity contribution in [3.05, 3.63) is 30.5 Å². The Bertz CT molecular complexity index is 629. The first-order valence-electron chi connectivity index (χ1n) is 6.94. The maximum atomic E-state index is 11.0. The molecule has 1 aromatic heterocycles. The average Bonchev–Trinajstić information content (AvgIpc) is 2.47. The number of aromatic nitrogens is 2. The van der Waals surface area contributed by atoms with Crippen LogP contribution < -0.4 is 4.90 Å². The van der Waals surface area contributed by atoms with E-state index in [2.05, 4.69) is 9.97 Å². The van der Waals surface area contributed by atoms with Crippen molar-refractivity contribution in [2.24, 2.45) is 0 Å². The fourth-order valence-corrected chi connectivity index (χ4v) is 2.78. The van der Waals surface area contributed by atoms with Crippen LogP contribution in [0.25, 0.3) is 10.9 Å². The number of piperidine rings is 1. The van der Waals surface area contributed by atoms with Crippen LogP contribution in [-0.2, 0) is 4.79 Å². The average molecular weight is 271 g/mol. The number of rotatable bonds is 3. The molecule has 0 bridgehead atoms. The molecule has 1 unspecified atom stereocenters. The number of hydrogen-bond donors (Lipinski definition) is 1. The zero-order valence-corrected chi connectivity index (χ0v) is 11.2. The second-order valence-electron chi connectivity index (χ2n) is 5.17. The topological polar surface area (TPSA) is 66.3 Å². The number of carbonyl (C=O) groups is 1. The third-order valence-corrected chi connectivity index (χ3v) is 3.77. The van der Waals surface area contributed by atoms with Gasteiger partial charge in [0, 0.05) is 24.2 Å². The third kappa shape index (κ3) is 2.57. The van der Waals surface area contributed by atoms with Gasteiger partial charge in [-0.3, -0.25) is 4.79 Å². The van der Waals surface area contributed by atoms with Crippen LogP contribution in [-0.4, -0.2) is 33.6 Å². The highest BCUT2D eigenvalue weighted by atomic mass is 16.4. The standard InChI is InChI=1S/C15H17N3O2/c19-14(20)9-12-6-3-4-8-18(12)15-16-10-11-5-1-2-7-13(11)17-15/h1-2,5,7,10,12H,3-4,6,8-9H2,(H,19,20). The number of carboxylic acids is 1. The predicted octanol–water partition coefficient (Wildman–Crippen LogP) is 2.46. The zero-order chi connectivity index (χ0) is 13.9. The van der Waals surface area contributed by atoms with Crippen LogP contribution in [0.2, 0.25) is 0 Å². The number of carboxylic acid groups (broad SMARTS) is 1. The van der Waals surface area contributed by atoms with E-state index in [0.717, 1.165) is 36.7 Å². The molecule has 5 nitrogen and oxygen atoms in total. The quantitative estimate of drug-likeness (QED) is 0.928. The molecule has 1 saturated heterocycles. The van der Waals surface area contributed by atoms with E-state index in [1.807, 2.05) is 35.4 Å². The minimum atomic E-state index is -0.761. The van der Waals surface area contributed by atoms with Gasteiger partial charge in [0.2, 0.25) is 5.95 Å². The molecule has 0 aliphatic carbocycles. The van der Waals surface area contributed by atoms with Gasteiger partial charge in [-0.05, 0) is 25.3 Å². The van der Waals surface area contributed by atoms with Crippen LogP contribution in [0.1, 0.15) is 25.7 Å². The molecule has 1 N–H and O–H groups in total. The van der Waals surface area contributed by atoms with E-state index in [1.165, 1.54) is 0 Å². The van der Waals surface area contributed by atoms with Gasteiger partial charge in [-0.25, -0.2) is 9.97 Å². The fourth-order valence-electron chi connectivity index (χ4n) is 2.78. The molecular formula is C15H17N3O2. The van der Waals surface area contributed by atoms with Gasteiger partial charge in [-0.2, -0.15) is 0 Å². The van der Waals surface area contributed by atoms with Gasteiger partial charge in [0.05, 0.1) is 11.9 Å². The van der Waals surface area contributed by atoms with Gasteiger partial charge in [0.15, 0.2) is 0 Å². The van der Waals surface area contributed by atoms with Crippen molar-refractivity contribution in [3.8, 4) is 0 Å². The first kappa shape index (κ1) is 12.8. The Morgan fingerprint density at radius 3 is 3.05 bits per heavy atom. The highest BCUT2D eigenvalue weighted by Crippen LogP contribution is 2.25. The highest BCUT2D eigenvalue weighted by molar-refractivity contribution is 5.78. The number of para-hydroxylation sites is 1. The van der Waals surface area contributed by atoms with Crippen molar-refractivity contribution in [1.82, 2.24) is 9.97 Å². The van der Waals surface area contributed by atoms with Crippen molar-refractivity contribution < 1.29 is 9.90 Å². The molecule has 1 aliphatic rings. The van der Waals surface area contributed by atoms with E-state index in [-0.39, 0.29) is 12.5 Å². The lowest BCUT2D eigenvalue weighted by Gasteiger charge is -2.35. The molecule has 1 atom stereocenters. The number of nitrogens with zero attached hydrogens (tertiary/aromatic N) is 3. The summed E-state index contributed by atoms with van der Waals surface area (Å²) in [5.74, 6) is -0.114. The van der Waals surface area contributed by atoms with Crippen molar-refractivity contribution in [3.63, 3.8) is 0 Å². The Morgan fingerprint density at radius 2 is 2.20 bits per heavy atom. The smallest absolute Gasteiger partial charge is 0.305 e. The Hall–Kier alpha value is -2.17. The van der Waals surface area contributed by atoms with Crippen molar-refractivity contribution in [2.75, 3.05) is 11.4 Å². The van der Waals surface area contributed by atoms with Crippen LogP contribution in [0.4, 0.5) is 5.95 Å². The maximum absolute atomic E-state index is 11.0. The van der Waals surface area contributed by atoms with E-state index in [0.29, 0.717) is 5.95 Å². The molecule has 0 saturated carbocycles. The van der Waals surface area contributed by atoms with E-state index in [4.69, 9.17) is 5.11 Å². The summed E-state index contributed by atoms with van der Waals surface area (Å²) in [6.07, 6.45) is 4.98. The first-order chi connectivity index (χ1) is 9.74. The SMILES string of the molecule is O=C(O)CC1CCCCN1c1ncc2ccccc2n1. The van der Waals surface area contributed by atoms with E-state index in [9.17, 15) is 4.79 Å². The number of hydrogen-bond acceptors (Lipinski definition) is 4. The minimum absolute atomic E-state index is 0.00223. The summed E-state index contributed by atoms with van der Waals surface area (Å²) in [5.41, 5.74) is 0.900. The zero-order valence-electron chi connectivity index (χ0n) is 11.2. The molecular weight excluding hydrogens is 254 g/mol. The molecule has 104 valence electrons. The van der Waals surface area contributed by atoms with E-state index >= 15 is 0 Å². The van der Waals surface area contributed by atoms with Crippen LogP contribution in [0.3, 0.4) is 0 Å². The van der Waals surface area contributed by atoms with Gasteiger partial charge in [0.1, 0.15) is 0 Å². The van der Waals surface area contributed by atoms with Gasteiger partial charge in [0.25, 0.3) is 0 Å². The fraction of sp³-hybridized carbons (Fsp3) is 0.400. The van der Waals surface area contributed by atoms with Crippen LogP contribution in [0.15, 0.2) is 30.5 Å². The number of fused-ring (bicyclic) bond motifs is 1. The molecule has 2 heterocycles. The van der Waals surface area contributed by atoms with E-state index < -0.39 is 5.97 Å². The summed E-state index contributed by atoms with van der Waals surface area (Å²) in [7, 11) is 0. The predicted molar refractivity (Wildman–Crippen MR) is 76.8 cm³/mol. The summed E-state index contributed by atoms with van der Waals surface area (Å²) in [4.78, 5) is 22.0. The molecule has 1 fully saturated rings. The normalized spacial score (nSPS) is 19.2. The molecule has 1 aromatic carbocycles. The Morgan fingerprint density at radius 1 is 1.35 bits per heavy atom. The monoisotopic (exact) mass is 271 g/mol. The van der Waals surface area contributed by atoms with Crippen molar-refractivity contribution >= 4 is 22.8 Å². The van der Waals surface area contributed by atoms with Crippen molar-refractivity contribution in [2.45, 2.75) is 31.7 Å². The Labute approximate surface area is 117 Å². The molecule has 0 amide bonds. The van der Waals surface area contributed by atoms with Crippen LogP contribution in [0.5, 0.6) is 0 Å². The minimum Gasteiger partial charge on any atom is -0.481 e. The summed E-state index contributed by atoms with van der Waals surface area (Å²) in [6, 6.07) is 7.84. The largest absolute Gasteiger partial charge is 0.481 e. The molecule has 2 aromatic rings. The van der Waals surface area contributed by atoms with Crippen molar-refractivity contribution in [1.29, 1.82) is 0 Å². The lowest BCUT2D eigenvalue weighted by Crippen LogP contribution is -2.41. The molecule has 0 spiro atoms. The highest BCUT2D eigenvalue weighted by Gasteiger charge is 2.26.